The van der Waals surface area contributed by atoms with E-state index in [1.165, 1.54) is 44.2 Å². The molecular weight excluding hydrogens is 895 g/mol. The molecule has 0 saturated heterocycles. The van der Waals surface area contributed by atoms with E-state index >= 15 is 0 Å². The minimum absolute atomic E-state index is 0. The van der Waals surface area contributed by atoms with Crippen molar-refractivity contribution in [3.63, 3.8) is 0 Å². The maximum Gasteiger partial charge on any atom is 0.0443 e. The Balaban J connectivity index is 0.000000214. The first-order valence-electron chi connectivity index (χ1n) is 20.2. The van der Waals surface area contributed by atoms with Gasteiger partial charge in [0.25, 0.3) is 0 Å². The molecule has 1 aliphatic carbocycles. The average Bonchev–Trinajstić information content (AvgIpc) is 3.48. The van der Waals surface area contributed by atoms with Crippen LogP contribution in [0, 0.1) is 12.1 Å². The fraction of sp³-hybridized carbons (Fsp3) is 0.200. The predicted octanol–water partition coefficient (Wildman–Crippen LogP) is 14.6. The third-order valence-corrected chi connectivity index (χ3v) is 11.4. The van der Waals surface area contributed by atoms with Crippen LogP contribution in [-0.4, -0.2) is 9.97 Å². The van der Waals surface area contributed by atoms with E-state index in [1.807, 2.05) is 18.5 Å². The Hall–Kier alpha value is -5.67. The Morgan fingerprint density at radius 1 is 0.576 bits per heavy atom. The number of nitrogens with zero attached hydrogens (tertiary/aromatic N) is 3. The molecule has 0 bridgehead atoms. The van der Waals surface area contributed by atoms with Gasteiger partial charge in [0.2, 0.25) is 0 Å². The second-order valence-corrected chi connectivity index (χ2v) is 17.8. The first-order valence-corrected chi connectivity index (χ1v) is 20.2. The minimum atomic E-state index is -0.180. The molecule has 0 saturated carbocycles. The molecule has 59 heavy (non-hydrogen) atoms. The molecule has 0 fully saturated rings. The van der Waals surface area contributed by atoms with Crippen molar-refractivity contribution in [2.24, 2.45) is 0 Å². The van der Waals surface area contributed by atoms with Crippen molar-refractivity contribution >= 4 is 27.8 Å². The maximum absolute atomic E-state index is 4.98. The van der Waals surface area contributed by atoms with E-state index in [2.05, 4.69) is 223 Å². The van der Waals surface area contributed by atoms with Crippen LogP contribution in [0.5, 0.6) is 0 Å². The summed E-state index contributed by atoms with van der Waals surface area (Å²) in [7, 11) is 0. The molecule has 2 heterocycles. The van der Waals surface area contributed by atoms with Gasteiger partial charge < -0.3 is 14.9 Å². The Labute approximate surface area is 364 Å². The van der Waals surface area contributed by atoms with Crippen molar-refractivity contribution in [3.05, 3.63) is 198 Å². The molecule has 0 atom stereocenters. The van der Waals surface area contributed by atoms with E-state index in [4.69, 9.17) is 4.98 Å². The van der Waals surface area contributed by atoms with Crippen LogP contribution in [0.4, 0.5) is 17.1 Å². The van der Waals surface area contributed by atoms with Gasteiger partial charge in [0.1, 0.15) is 0 Å². The van der Waals surface area contributed by atoms with E-state index in [1.54, 1.807) is 0 Å². The number of rotatable bonds is 5. The molecule has 4 heteroatoms. The normalized spacial score (nSPS) is 12.7. The summed E-state index contributed by atoms with van der Waals surface area (Å²) in [6.45, 7) is 17.9. The molecule has 8 aromatic rings. The molecule has 0 N–H and O–H groups in total. The number of fused-ring (bicyclic) bond motifs is 5. The SMILES string of the molecule is CC(C)(C)c1c[c-]c(-c2ccc(C(C)(C)C)cn2)cc1.CC1(C)c2ccc3ccccc3c2-c2ccnc(-c3[c-]ccc(N(c4ccccc4)c4ccccc4)c3)c21.[Ir]. The van der Waals surface area contributed by atoms with Gasteiger partial charge in [-0.25, -0.2) is 0 Å². The molecule has 0 unspecified atom stereocenters. The fourth-order valence-electron chi connectivity index (χ4n) is 8.10. The topological polar surface area (TPSA) is 29.0 Å². The summed E-state index contributed by atoms with van der Waals surface area (Å²) >= 11 is 0. The van der Waals surface area contributed by atoms with Crippen molar-refractivity contribution in [1.29, 1.82) is 0 Å². The Morgan fingerprint density at radius 2 is 1.22 bits per heavy atom. The molecule has 0 aliphatic heterocycles. The number of anilines is 3. The standard InChI is InChI=1S/C36H27N2.C19H24N.Ir/c1-36(2)32-21-20-25-12-9-10-19-30(25)33(32)31-22-23-37-35(34(31)36)26-13-11-18-29(24-26)38(27-14-5-3-6-15-27)28-16-7-4-8-17-28;1-18(2,3)15-9-7-14(8-10-15)17-12-11-16(13-20-17)19(4,5)6;/h3-12,14-24H,1-2H3;7,9-13H,1-6H3;/q2*-1;. The molecule has 9 rings (SSSR count). The number of aromatic nitrogens is 2. The fourth-order valence-corrected chi connectivity index (χ4v) is 8.10. The van der Waals surface area contributed by atoms with Gasteiger partial charge >= 0.3 is 0 Å². The third kappa shape index (κ3) is 8.31. The summed E-state index contributed by atoms with van der Waals surface area (Å²) in [6, 6.07) is 60.3. The quantitative estimate of drug-likeness (QED) is 0.161. The van der Waals surface area contributed by atoms with Gasteiger partial charge in [0.05, 0.1) is 0 Å². The third-order valence-electron chi connectivity index (χ3n) is 11.4. The van der Waals surface area contributed by atoms with E-state index in [9.17, 15) is 0 Å². The average molecular weight is 946 g/mol. The van der Waals surface area contributed by atoms with Crippen LogP contribution in [0.3, 0.4) is 0 Å². The molecule has 0 spiro atoms. The van der Waals surface area contributed by atoms with Crippen molar-refractivity contribution < 1.29 is 20.1 Å². The van der Waals surface area contributed by atoms with Crippen LogP contribution < -0.4 is 4.90 Å². The van der Waals surface area contributed by atoms with Crippen molar-refractivity contribution in [1.82, 2.24) is 9.97 Å². The second kappa shape index (κ2) is 16.5. The van der Waals surface area contributed by atoms with Crippen LogP contribution in [0.15, 0.2) is 164 Å². The first kappa shape index (κ1) is 41.5. The van der Waals surface area contributed by atoms with E-state index in [0.717, 1.165) is 39.6 Å². The number of hydrogen-bond donors (Lipinski definition) is 0. The molecule has 6 aromatic carbocycles. The molecule has 0 amide bonds. The number of hydrogen-bond acceptors (Lipinski definition) is 3. The van der Waals surface area contributed by atoms with Gasteiger partial charge in [-0.3, -0.25) is 0 Å². The van der Waals surface area contributed by atoms with E-state index < -0.39 is 0 Å². The summed E-state index contributed by atoms with van der Waals surface area (Å²) < 4.78 is 0. The van der Waals surface area contributed by atoms with Gasteiger partial charge in [-0.15, -0.1) is 65.2 Å². The number of para-hydroxylation sites is 2. The summed E-state index contributed by atoms with van der Waals surface area (Å²) in [4.78, 5) is 11.8. The largest absolute Gasteiger partial charge is 0.328 e. The van der Waals surface area contributed by atoms with Crippen molar-refractivity contribution in [2.75, 3.05) is 4.90 Å². The molecule has 2 aromatic heterocycles. The molecule has 1 aliphatic rings. The number of benzene rings is 6. The van der Waals surface area contributed by atoms with E-state index in [-0.39, 0.29) is 36.4 Å². The Kier molecular flexibility index (Phi) is 11.6. The van der Waals surface area contributed by atoms with Gasteiger partial charge in [0, 0.05) is 49.3 Å². The molecular formula is C55H51IrN3-2. The van der Waals surface area contributed by atoms with Crippen LogP contribution in [0.2, 0.25) is 0 Å². The van der Waals surface area contributed by atoms with Gasteiger partial charge in [-0.05, 0) is 96.8 Å². The van der Waals surface area contributed by atoms with Gasteiger partial charge in [-0.2, -0.15) is 0 Å². The Bertz CT molecular complexity index is 2590. The van der Waals surface area contributed by atoms with Crippen LogP contribution in [0.1, 0.15) is 77.6 Å². The van der Waals surface area contributed by atoms with Crippen molar-refractivity contribution in [2.45, 2.75) is 71.6 Å². The first-order chi connectivity index (χ1) is 27.8. The zero-order chi connectivity index (χ0) is 40.7. The minimum Gasteiger partial charge on any atom is -0.328 e. The van der Waals surface area contributed by atoms with Gasteiger partial charge in [0.15, 0.2) is 0 Å². The van der Waals surface area contributed by atoms with E-state index in [0.29, 0.717) is 0 Å². The molecule has 297 valence electrons. The monoisotopic (exact) mass is 946 g/mol. The molecule has 3 nitrogen and oxygen atoms in total. The van der Waals surface area contributed by atoms with Crippen molar-refractivity contribution in [3.8, 4) is 33.6 Å². The van der Waals surface area contributed by atoms with Gasteiger partial charge in [-0.1, -0.05) is 140 Å². The Morgan fingerprint density at radius 3 is 1.83 bits per heavy atom. The second-order valence-electron chi connectivity index (χ2n) is 17.8. The zero-order valence-electron chi connectivity index (χ0n) is 35.3. The summed E-state index contributed by atoms with van der Waals surface area (Å²) in [5, 5.41) is 2.56. The maximum atomic E-state index is 4.98. The number of pyridine rings is 2. The smallest absolute Gasteiger partial charge is 0.0443 e. The van der Waals surface area contributed by atoms with Crippen LogP contribution in [-0.2, 0) is 36.4 Å². The molecule has 1 radical (unpaired) electrons. The zero-order valence-corrected chi connectivity index (χ0v) is 37.7. The van der Waals surface area contributed by atoms with Crippen LogP contribution in [0.25, 0.3) is 44.4 Å². The summed E-state index contributed by atoms with van der Waals surface area (Å²) in [5.41, 5.74) is 15.3. The summed E-state index contributed by atoms with van der Waals surface area (Å²) in [5.74, 6) is 0. The van der Waals surface area contributed by atoms with Crippen LogP contribution >= 0.6 is 0 Å². The summed E-state index contributed by atoms with van der Waals surface area (Å²) in [6.07, 6.45) is 3.93. The predicted molar refractivity (Wildman–Crippen MR) is 244 cm³/mol.